The topological polar surface area (TPSA) is 42.7 Å². The van der Waals surface area contributed by atoms with Gasteiger partial charge in [-0.1, -0.05) is 35.0 Å². The van der Waals surface area contributed by atoms with Crippen LogP contribution in [0.2, 0.25) is 0 Å². The molecule has 0 aliphatic rings. The van der Waals surface area contributed by atoms with Crippen LogP contribution in [0.5, 0.6) is 0 Å². The van der Waals surface area contributed by atoms with E-state index in [9.17, 15) is 0 Å². The monoisotopic (exact) mass is 308 g/mol. The van der Waals surface area contributed by atoms with E-state index >= 15 is 0 Å². The molecule has 0 fully saturated rings. The molecule has 96 valence electrons. The first-order valence-corrected chi connectivity index (χ1v) is 6.76. The zero-order valence-electron chi connectivity index (χ0n) is 10.8. The molecule has 5 heteroatoms. The molecule has 0 aliphatic heterocycles. The van der Waals surface area contributed by atoms with Crippen molar-refractivity contribution < 1.29 is 0 Å². The average molecular weight is 309 g/mol. The minimum Gasteiger partial charge on any atom is -0.304 e. The molecule has 0 saturated heterocycles. The zero-order chi connectivity index (χ0) is 13.1. The maximum Gasteiger partial charge on any atom is 0.148 e. The van der Waals surface area contributed by atoms with Crippen LogP contribution >= 0.6 is 15.9 Å². The fourth-order valence-corrected chi connectivity index (χ4v) is 2.31. The van der Waals surface area contributed by atoms with Gasteiger partial charge in [-0.15, -0.1) is 0 Å². The van der Waals surface area contributed by atoms with Crippen molar-refractivity contribution in [1.29, 1.82) is 0 Å². The number of halogens is 1. The van der Waals surface area contributed by atoms with Gasteiger partial charge in [-0.2, -0.15) is 5.10 Å². The van der Waals surface area contributed by atoms with Crippen LogP contribution in [0.25, 0.3) is 0 Å². The summed E-state index contributed by atoms with van der Waals surface area (Å²) < 4.78 is 2.92. The van der Waals surface area contributed by atoms with Crippen LogP contribution in [0.4, 0.5) is 0 Å². The van der Waals surface area contributed by atoms with Gasteiger partial charge >= 0.3 is 0 Å². The molecule has 0 saturated carbocycles. The normalized spacial score (nSPS) is 12.7. The lowest BCUT2D eigenvalue weighted by Gasteiger charge is -2.18. The molecular formula is C13H17BrN4. The van der Waals surface area contributed by atoms with Crippen molar-refractivity contribution >= 4 is 15.9 Å². The fourth-order valence-electron chi connectivity index (χ4n) is 1.92. The van der Waals surface area contributed by atoms with Gasteiger partial charge in [-0.3, -0.25) is 4.68 Å². The highest BCUT2D eigenvalue weighted by molar-refractivity contribution is 9.10. The molecular weight excluding hydrogens is 292 g/mol. The van der Waals surface area contributed by atoms with E-state index in [0.29, 0.717) is 0 Å². The van der Waals surface area contributed by atoms with Crippen LogP contribution in [-0.4, -0.2) is 21.3 Å². The van der Waals surface area contributed by atoms with Gasteiger partial charge in [0.25, 0.3) is 0 Å². The van der Waals surface area contributed by atoms with Gasteiger partial charge in [0.15, 0.2) is 0 Å². The number of rotatable bonds is 4. The molecule has 2 rings (SSSR count). The Morgan fingerprint density at radius 3 is 2.78 bits per heavy atom. The minimum atomic E-state index is 0.0689. The van der Waals surface area contributed by atoms with Gasteiger partial charge in [-0.05, 0) is 30.7 Å². The van der Waals surface area contributed by atoms with Crippen molar-refractivity contribution in [1.82, 2.24) is 20.1 Å². The van der Waals surface area contributed by atoms with Gasteiger partial charge in [0.1, 0.15) is 12.2 Å². The lowest BCUT2D eigenvalue weighted by Crippen LogP contribution is -2.25. The summed E-state index contributed by atoms with van der Waals surface area (Å²) in [5.41, 5.74) is 2.41. The second kappa shape index (κ2) is 5.63. The van der Waals surface area contributed by atoms with E-state index in [1.807, 2.05) is 7.05 Å². The van der Waals surface area contributed by atoms with Crippen molar-refractivity contribution in [3.05, 3.63) is 46.0 Å². The highest BCUT2D eigenvalue weighted by atomic mass is 79.9. The Bertz CT molecular complexity index is 536. The molecule has 1 aromatic carbocycles. The van der Waals surface area contributed by atoms with Crippen molar-refractivity contribution in [2.45, 2.75) is 19.9 Å². The summed E-state index contributed by atoms with van der Waals surface area (Å²) in [6.07, 6.45) is 1.59. The van der Waals surface area contributed by atoms with Gasteiger partial charge in [0.05, 0.1) is 6.04 Å². The predicted molar refractivity (Wildman–Crippen MR) is 75.4 cm³/mol. The van der Waals surface area contributed by atoms with Crippen molar-refractivity contribution in [2.24, 2.45) is 7.05 Å². The number of aryl methyl sites for hydroxylation is 2. The molecule has 0 bridgehead atoms. The van der Waals surface area contributed by atoms with Gasteiger partial charge in [-0.25, -0.2) is 4.98 Å². The Morgan fingerprint density at radius 2 is 2.22 bits per heavy atom. The van der Waals surface area contributed by atoms with E-state index in [1.54, 1.807) is 11.0 Å². The smallest absolute Gasteiger partial charge is 0.148 e. The van der Waals surface area contributed by atoms with E-state index < -0.39 is 0 Å². The molecule has 0 amide bonds. The lowest BCUT2D eigenvalue weighted by atomic mass is 10.0. The van der Waals surface area contributed by atoms with Crippen molar-refractivity contribution in [3.63, 3.8) is 0 Å². The van der Waals surface area contributed by atoms with Crippen LogP contribution < -0.4 is 5.32 Å². The molecule has 1 heterocycles. The van der Waals surface area contributed by atoms with E-state index in [-0.39, 0.29) is 6.04 Å². The summed E-state index contributed by atoms with van der Waals surface area (Å²) in [7, 11) is 1.91. The number of nitrogens with one attached hydrogen (secondary N) is 1. The van der Waals surface area contributed by atoms with Crippen LogP contribution in [0.3, 0.4) is 0 Å². The van der Waals surface area contributed by atoms with E-state index in [4.69, 9.17) is 0 Å². The maximum absolute atomic E-state index is 4.34. The van der Waals surface area contributed by atoms with Crippen LogP contribution in [0.1, 0.15) is 29.9 Å². The van der Waals surface area contributed by atoms with Crippen molar-refractivity contribution in [3.8, 4) is 0 Å². The summed E-state index contributed by atoms with van der Waals surface area (Å²) in [5.74, 6) is 0.924. The van der Waals surface area contributed by atoms with Crippen LogP contribution in [0, 0.1) is 6.92 Å². The van der Waals surface area contributed by atoms with E-state index in [0.717, 1.165) is 16.8 Å². The highest BCUT2D eigenvalue weighted by Gasteiger charge is 2.18. The summed E-state index contributed by atoms with van der Waals surface area (Å²) in [5, 5.41) is 7.58. The fraction of sp³-hybridized carbons (Fsp3) is 0.385. The third-order valence-corrected chi connectivity index (χ3v) is 3.80. The number of hydrogen-bond acceptors (Lipinski definition) is 3. The van der Waals surface area contributed by atoms with Gasteiger partial charge in [0, 0.05) is 11.5 Å². The largest absolute Gasteiger partial charge is 0.304 e. The maximum atomic E-state index is 4.34. The summed E-state index contributed by atoms with van der Waals surface area (Å²) in [6, 6.07) is 6.44. The molecule has 1 N–H and O–H groups in total. The first-order chi connectivity index (χ1) is 8.63. The molecule has 18 heavy (non-hydrogen) atoms. The number of aromatic nitrogens is 3. The van der Waals surface area contributed by atoms with E-state index in [2.05, 4.69) is 63.4 Å². The third-order valence-electron chi connectivity index (χ3n) is 2.94. The first-order valence-electron chi connectivity index (χ1n) is 5.96. The Hall–Kier alpha value is -1.20. The Morgan fingerprint density at radius 1 is 1.44 bits per heavy atom. The first kappa shape index (κ1) is 13.2. The summed E-state index contributed by atoms with van der Waals surface area (Å²) >= 11 is 3.58. The van der Waals surface area contributed by atoms with E-state index in [1.165, 1.54) is 11.1 Å². The Balaban J connectivity index is 2.41. The Kier molecular flexibility index (Phi) is 4.14. The molecule has 4 nitrogen and oxygen atoms in total. The van der Waals surface area contributed by atoms with Crippen LogP contribution in [0.15, 0.2) is 29.0 Å². The SMILES string of the molecule is CCNC(c1ccc(C)c(Br)c1)c1ncnn1C. The molecule has 1 atom stereocenters. The second-order valence-electron chi connectivity index (χ2n) is 4.24. The molecule has 0 spiro atoms. The molecule has 2 aromatic rings. The number of nitrogens with zero attached hydrogens (tertiary/aromatic N) is 3. The molecule has 0 radical (unpaired) electrons. The van der Waals surface area contributed by atoms with Gasteiger partial charge in [0.2, 0.25) is 0 Å². The average Bonchev–Trinajstić information content (AvgIpc) is 2.76. The zero-order valence-corrected chi connectivity index (χ0v) is 12.4. The lowest BCUT2D eigenvalue weighted by molar-refractivity contribution is 0.559. The quantitative estimate of drug-likeness (QED) is 0.944. The summed E-state index contributed by atoms with van der Waals surface area (Å²) in [6.45, 7) is 5.05. The van der Waals surface area contributed by atoms with Gasteiger partial charge < -0.3 is 5.32 Å². The summed E-state index contributed by atoms with van der Waals surface area (Å²) in [4.78, 5) is 4.34. The standard InChI is InChI=1S/C13H17BrN4/c1-4-15-12(13-16-8-17-18(13)3)10-6-5-9(2)11(14)7-10/h5-8,12,15H,4H2,1-3H3. The number of hydrogen-bond donors (Lipinski definition) is 1. The second-order valence-corrected chi connectivity index (χ2v) is 5.10. The number of benzene rings is 1. The minimum absolute atomic E-state index is 0.0689. The molecule has 1 aromatic heterocycles. The van der Waals surface area contributed by atoms with Crippen molar-refractivity contribution in [2.75, 3.05) is 6.54 Å². The highest BCUT2D eigenvalue weighted by Crippen LogP contribution is 2.25. The van der Waals surface area contributed by atoms with Crippen LogP contribution in [-0.2, 0) is 7.05 Å². The predicted octanol–water partition coefficient (Wildman–Crippen LogP) is 2.58. The molecule has 0 aliphatic carbocycles. The molecule has 1 unspecified atom stereocenters. The third kappa shape index (κ3) is 2.62. The Labute approximate surface area is 116 Å².